The van der Waals surface area contributed by atoms with Gasteiger partial charge in [-0.2, -0.15) is 5.26 Å². The second-order valence-corrected chi connectivity index (χ2v) is 4.55. The molecule has 0 aliphatic carbocycles. The lowest BCUT2D eigenvalue weighted by atomic mass is 10.1. The second kappa shape index (κ2) is 5.59. The van der Waals surface area contributed by atoms with E-state index in [2.05, 4.69) is 20.3 Å². The van der Waals surface area contributed by atoms with Crippen molar-refractivity contribution in [3.05, 3.63) is 53.9 Å². The molecule has 3 rings (SSSR count). The molecule has 2 N–H and O–H groups in total. The molecule has 0 aliphatic heterocycles. The maximum absolute atomic E-state index is 13.1. The van der Waals surface area contributed by atoms with Crippen LogP contribution in [0.1, 0.15) is 11.3 Å². The summed E-state index contributed by atoms with van der Waals surface area (Å²) in [4.78, 5) is 11.1. The number of fused-ring (bicyclic) bond motifs is 1. The maximum Gasteiger partial charge on any atom is 0.182 e. The quantitative estimate of drug-likeness (QED) is 0.770. The van der Waals surface area contributed by atoms with Crippen molar-refractivity contribution >= 4 is 16.7 Å². The summed E-state index contributed by atoms with van der Waals surface area (Å²) in [6.45, 7) is 0.609. The van der Waals surface area contributed by atoms with Crippen LogP contribution in [0.4, 0.5) is 10.2 Å². The van der Waals surface area contributed by atoms with Crippen LogP contribution in [0, 0.1) is 17.1 Å². The highest BCUT2D eigenvalue weighted by Gasteiger charge is 2.06. The Morgan fingerprint density at radius 2 is 2.14 bits per heavy atom. The predicted molar refractivity (Wildman–Crippen MR) is 77.2 cm³/mol. The van der Waals surface area contributed by atoms with Crippen molar-refractivity contribution in [2.75, 3.05) is 11.9 Å². The number of hydrogen-bond acceptors (Lipinski definition) is 4. The summed E-state index contributed by atoms with van der Waals surface area (Å²) in [7, 11) is 0. The molecular weight excluding hydrogens is 269 g/mol. The van der Waals surface area contributed by atoms with Gasteiger partial charge in [-0.15, -0.1) is 0 Å². The zero-order valence-electron chi connectivity index (χ0n) is 11.1. The van der Waals surface area contributed by atoms with Crippen molar-refractivity contribution in [3.8, 4) is 6.07 Å². The zero-order chi connectivity index (χ0) is 14.7. The van der Waals surface area contributed by atoms with E-state index < -0.39 is 0 Å². The van der Waals surface area contributed by atoms with Gasteiger partial charge in [-0.05, 0) is 30.2 Å². The average molecular weight is 281 g/mol. The van der Waals surface area contributed by atoms with Crippen LogP contribution < -0.4 is 5.32 Å². The number of hydrogen-bond donors (Lipinski definition) is 2. The molecule has 5 nitrogen and oxygen atoms in total. The Hall–Kier alpha value is -2.94. The molecule has 0 bridgehead atoms. The van der Waals surface area contributed by atoms with Gasteiger partial charge in [0.15, 0.2) is 11.5 Å². The van der Waals surface area contributed by atoms with Gasteiger partial charge < -0.3 is 10.3 Å². The maximum atomic E-state index is 13.1. The van der Waals surface area contributed by atoms with E-state index in [4.69, 9.17) is 5.26 Å². The van der Waals surface area contributed by atoms with Gasteiger partial charge in [0.1, 0.15) is 11.9 Å². The molecule has 0 saturated carbocycles. The molecule has 0 unspecified atom stereocenters. The number of H-pyrrole nitrogens is 1. The van der Waals surface area contributed by atoms with E-state index >= 15 is 0 Å². The second-order valence-electron chi connectivity index (χ2n) is 4.55. The monoisotopic (exact) mass is 281 g/mol. The average Bonchev–Trinajstić information content (AvgIpc) is 2.90. The number of rotatable bonds is 4. The fraction of sp³-hybridized carbons (Fsp3) is 0.133. The third-order valence-electron chi connectivity index (χ3n) is 3.22. The van der Waals surface area contributed by atoms with Gasteiger partial charge in [0.2, 0.25) is 0 Å². The first-order valence-corrected chi connectivity index (χ1v) is 6.48. The molecule has 0 radical (unpaired) electrons. The van der Waals surface area contributed by atoms with Crippen LogP contribution in [-0.4, -0.2) is 21.5 Å². The number of aromatic amines is 1. The Balaban J connectivity index is 1.71. The predicted octanol–water partition coefficient (Wildman–Crippen LogP) is 2.62. The van der Waals surface area contributed by atoms with Crippen LogP contribution in [0.3, 0.4) is 0 Å². The number of halogens is 1. The molecule has 0 spiro atoms. The number of nitrogens with zero attached hydrogens (tertiary/aromatic N) is 3. The molecule has 3 aromatic rings. The van der Waals surface area contributed by atoms with E-state index in [0.717, 1.165) is 22.9 Å². The fourth-order valence-electron chi connectivity index (χ4n) is 2.23. The van der Waals surface area contributed by atoms with Crippen molar-refractivity contribution in [3.63, 3.8) is 0 Å². The van der Waals surface area contributed by atoms with Crippen LogP contribution in [0.2, 0.25) is 0 Å². The fourth-order valence-corrected chi connectivity index (χ4v) is 2.23. The van der Waals surface area contributed by atoms with Gasteiger partial charge in [-0.25, -0.2) is 14.4 Å². The smallest absolute Gasteiger partial charge is 0.182 e. The van der Waals surface area contributed by atoms with Crippen LogP contribution in [0.25, 0.3) is 10.9 Å². The minimum Gasteiger partial charge on any atom is -0.367 e. The molecule has 0 saturated heterocycles. The van der Waals surface area contributed by atoms with Crippen molar-refractivity contribution in [2.24, 2.45) is 0 Å². The third-order valence-corrected chi connectivity index (χ3v) is 3.22. The first kappa shape index (κ1) is 13.1. The van der Waals surface area contributed by atoms with Gasteiger partial charge in [0.25, 0.3) is 0 Å². The van der Waals surface area contributed by atoms with Crippen molar-refractivity contribution in [2.45, 2.75) is 6.42 Å². The Bertz CT molecular complexity index is 818. The summed E-state index contributed by atoms with van der Waals surface area (Å²) in [6.07, 6.45) is 5.62. The highest BCUT2D eigenvalue weighted by Crippen LogP contribution is 2.19. The van der Waals surface area contributed by atoms with Crippen molar-refractivity contribution in [1.29, 1.82) is 5.26 Å². The van der Waals surface area contributed by atoms with E-state index in [1.54, 1.807) is 6.07 Å². The molecule has 21 heavy (non-hydrogen) atoms. The number of anilines is 1. The normalized spacial score (nSPS) is 10.5. The first-order valence-electron chi connectivity index (χ1n) is 6.48. The Labute approximate surface area is 120 Å². The summed E-state index contributed by atoms with van der Waals surface area (Å²) in [6, 6.07) is 6.68. The molecule has 6 heteroatoms. The van der Waals surface area contributed by atoms with E-state index in [-0.39, 0.29) is 11.5 Å². The first-order chi connectivity index (χ1) is 10.3. The van der Waals surface area contributed by atoms with Crippen molar-refractivity contribution < 1.29 is 4.39 Å². The van der Waals surface area contributed by atoms with Gasteiger partial charge in [-0.1, -0.05) is 0 Å². The highest BCUT2D eigenvalue weighted by molar-refractivity contribution is 5.83. The molecule has 2 heterocycles. The molecule has 0 atom stereocenters. The molecular formula is C15H12FN5. The number of nitriles is 1. The van der Waals surface area contributed by atoms with Crippen LogP contribution in [0.5, 0.6) is 0 Å². The Morgan fingerprint density at radius 1 is 1.29 bits per heavy atom. The lowest BCUT2D eigenvalue weighted by Gasteiger charge is -2.05. The SMILES string of the molecule is N#Cc1nccnc1NCCc1c[nH]c2cc(F)ccc12. The van der Waals surface area contributed by atoms with E-state index in [1.165, 1.54) is 24.5 Å². The standard InChI is InChI=1S/C15H12FN5/c16-11-1-2-12-10(9-21-13(12)7-11)3-4-19-15-14(8-17)18-5-6-20-15/h1-2,5-7,9,21H,3-4H2,(H,19,20). The lowest BCUT2D eigenvalue weighted by Crippen LogP contribution is -2.08. The topological polar surface area (TPSA) is 77.4 Å². The van der Waals surface area contributed by atoms with E-state index in [9.17, 15) is 4.39 Å². The van der Waals surface area contributed by atoms with Gasteiger partial charge in [-0.3, -0.25) is 0 Å². The van der Waals surface area contributed by atoms with Gasteiger partial charge in [0, 0.05) is 36.0 Å². The lowest BCUT2D eigenvalue weighted by molar-refractivity contribution is 0.629. The molecule has 0 aliphatic rings. The molecule has 2 aromatic heterocycles. The van der Waals surface area contributed by atoms with E-state index in [1.807, 2.05) is 12.3 Å². The summed E-state index contributed by atoms with van der Waals surface area (Å²) in [5.74, 6) is 0.220. The number of aromatic nitrogens is 3. The summed E-state index contributed by atoms with van der Waals surface area (Å²) in [5.41, 5.74) is 2.14. The van der Waals surface area contributed by atoms with Gasteiger partial charge in [0.05, 0.1) is 0 Å². The van der Waals surface area contributed by atoms with Crippen LogP contribution in [-0.2, 0) is 6.42 Å². The largest absolute Gasteiger partial charge is 0.367 e. The van der Waals surface area contributed by atoms with Crippen LogP contribution >= 0.6 is 0 Å². The van der Waals surface area contributed by atoms with Crippen molar-refractivity contribution in [1.82, 2.24) is 15.0 Å². The molecule has 0 fully saturated rings. The third kappa shape index (κ3) is 2.67. The summed E-state index contributed by atoms with van der Waals surface area (Å²) < 4.78 is 13.1. The molecule has 0 amide bonds. The van der Waals surface area contributed by atoms with E-state index in [0.29, 0.717) is 12.4 Å². The number of nitrogens with one attached hydrogen (secondary N) is 2. The zero-order valence-corrected chi connectivity index (χ0v) is 11.1. The molecule has 104 valence electrons. The van der Waals surface area contributed by atoms with Crippen LogP contribution in [0.15, 0.2) is 36.8 Å². The molecule has 1 aromatic carbocycles. The minimum atomic E-state index is -0.257. The Morgan fingerprint density at radius 3 is 3.00 bits per heavy atom. The highest BCUT2D eigenvalue weighted by atomic mass is 19.1. The Kier molecular flexibility index (Phi) is 3.48. The van der Waals surface area contributed by atoms with Gasteiger partial charge >= 0.3 is 0 Å². The summed E-state index contributed by atoms with van der Waals surface area (Å²) in [5, 5.41) is 13.0. The minimum absolute atomic E-state index is 0.257. The summed E-state index contributed by atoms with van der Waals surface area (Å²) >= 11 is 0. The number of benzene rings is 1.